The van der Waals surface area contributed by atoms with Gasteiger partial charge in [-0.1, -0.05) is 25.8 Å². The zero-order valence-corrected chi connectivity index (χ0v) is 9.47. The highest BCUT2D eigenvalue weighted by Gasteiger charge is 1.96. The topological polar surface area (TPSA) is 9.23 Å². The molecule has 14 heavy (non-hydrogen) atoms. The monoisotopic (exact) mass is 192 g/mol. The Kier molecular flexibility index (Phi) is 4.51. The maximum absolute atomic E-state index is 5.67. The van der Waals surface area contributed by atoms with Crippen LogP contribution < -0.4 is 4.74 Å². The van der Waals surface area contributed by atoms with Gasteiger partial charge in [0.25, 0.3) is 0 Å². The van der Waals surface area contributed by atoms with Crippen LogP contribution in [0.15, 0.2) is 18.2 Å². The zero-order valence-electron chi connectivity index (χ0n) is 9.47. The Morgan fingerprint density at radius 3 is 2.21 bits per heavy atom. The van der Waals surface area contributed by atoms with E-state index in [0.29, 0.717) is 0 Å². The minimum atomic E-state index is 0.844. The van der Waals surface area contributed by atoms with Crippen LogP contribution in [0.2, 0.25) is 0 Å². The van der Waals surface area contributed by atoms with Crippen molar-refractivity contribution < 1.29 is 4.74 Å². The smallest absolute Gasteiger partial charge is 0.119 e. The van der Waals surface area contributed by atoms with Gasteiger partial charge in [0.1, 0.15) is 5.75 Å². The van der Waals surface area contributed by atoms with Gasteiger partial charge in [-0.05, 0) is 43.5 Å². The molecule has 0 bridgehead atoms. The lowest BCUT2D eigenvalue weighted by Crippen LogP contribution is -1.97. The molecule has 0 amide bonds. The minimum absolute atomic E-state index is 0.844. The average molecular weight is 192 g/mol. The Morgan fingerprint density at radius 1 is 1.00 bits per heavy atom. The van der Waals surface area contributed by atoms with Gasteiger partial charge in [0.15, 0.2) is 0 Å². The van der Waals surface area contributed by atoms with Gasteiger partial charge in [-0.25, -0.2) is 0 Å². The van der Waals surface area contributed by atoms with E-state index >= 15 is 0 Å². The summed E-state index contributed by atoms with van der Waals surface area (Å²) < 4.78 is 5.67. The highest BCUT2D eigenvalue weighted by Crippen LogP contribution is 2.16. The molecule has 1 aromatic carbocycles. The van der Waals surface area contributed by atoms with Crippen LogP contribution in [0.25, 0.3) is 0 Å². The molecule has 1 rings (SSSR count). The van der Waals surface area contributed by atoms with Crippen molar-refractivity contribution in [2.75, 3.05) is 6.61 Å². The molecule has 1 heteroatoms. The maximum atomic E-state index is 5.67. The number of ether oxygens (including phenoxy) is 1. The van der Waals surface area contributed by atoms with E-state index in [0.717, 1.165) is 18.8 Å². The molecule has 0 N–H and O–H groups in total. The van der Waals surface area contributed by atoms with Crippen molar-refractivity contribution in [2.45, 2.75) is 40.0 Å². The van der Waals surface area contributed by atoms with Crippen LogP contribution >= 0.6 is 0 Å². The fraction of sp³-hybridized carbons (Fsp3) is 0.538. The fourth-order valence-electron chi connectivity index (χ4n) is 1.56. The first-order valence-corrected chi connectivity index (χ1v) is 5.43. The van der Waals surface area contributed by atoms with Gasteiger partial charge in [0, 0.05) is 0 Å². The van der Waals surface area contributed by atoms with Crippen molar-refractivity contribution in [1.29, 1.82) is 0 Å². The molecule has 0 aliphatic rings. The molecule has 0 aliphatic heterocycles. The summed E-state index contributed by atoms with van der Waals surface area (Å²) in [7, 11) is 0. The lowest BCUT2D eigenvalue weighted by atomic mass is 10.1. The van der Waals surface area contributed by atoms with Gasteiger partial charge in [-0.15, -0.1) is 0 Å². The van der Waals surface area contributed by atoms with E-state index in [4.69, 9.17) is 4.74 Å². The molecule has 0 aliphatic carbocycles. The number of hydrogen-bond acceptors (Lipinski definition) is 1. The Hall–Kier alpha value is -0.980. The minimum Gasteiger partial charge on any atom is -0.494 e. The highest BCUT2D eigenvalue weighted by atomic mass is 16.5. The van der Waals surface area contributed by atoms with Gasteiger partial charge in [-0.3, -0.25) is 0 Å². The van der Waals surface area contributed by atoms with Gasteiger partial charge in [0.2, 0.25) is 0 Å². The van der Waals surface area contributed by atoms with Gasteiger partial charge in [-0.2, -0.15) is 0 Å². The number of benzene rings is 1. The first kappa shape index (κ1) is 11.1. The molecule has 0 saturated heterocycles. The molecule has 0 fully saturated rings. The number of aryl methyl sites for hydroxylation is 2. The molecule has 0 aromatic heterocycles. The second kappa shape index (κ2) is 5.69. The zero-order chi connectivity index (χ0) is 10.4. The van der Waals surface area contributed by atoms with Crippen LogP contribution in [0, 0.1) is 13.8 Å². The summed E-state index contributed by atoms with van der Waals surface area (Å²) >= 11 is 0. The van der Waals surface area contributed by atoms with Crippen LogP contribution in [0.4, 0.5) is 0 Å². The Labute approximate surface area is 87.1 Å². The molecule has 78 valence electrons. The normalized spacial score (nSPS) is 10.2. The molecule has 0 atom stereocenters. The molecular formula is C13H20O. The Morgan fingerprint density at radius 2 is 1.64 bits per heavy atom. The molecule has 0 heterocycles. The van der Waals surface area contributed by atoms with Crippen LogP contribution in [0.1, 0.15) is 37.3 Å². The first-order valence-electron chi connectivity index (χ1n) is 5.43. The van der Waals surface area contributed by atoms with Crippen LogP contribution in [0.5, 0.6) is 5.75 Å². The number of hydrogen-bond donors (Lipinski definition) is 0. The molecule has 1 aromatic rings. The third kappa shape index (κ3) is 3.82. The number of unbranched alkanes of at least 4 members (excludes halogenated alkanes) is 2. The van der Waals surface area contributed by atoms with E-state index in [1.165, 1.54) is 24.0 Å². The molecule has 1 nitrogen and oxygen atoms in total. The van der Waals surface area contributed by atoms with Crippen molar-refractivity contribution in [1.82, 2.24) is 0 Å². The number of rotatable bonds is 5. The maximum Gasteiger partial charge on any atom is 0.119 e. The molecule has 0 spiro atoms. The largest absolute Gasteiger partial charge is 0.494 e. The van der Waals surface area contributed by atoms with Gasteiger partial charge in [0.05, 0.1) is 6.61 Å². The van der Waals surface area contributed by atoms with Crippen molar-refractivity contribution in [2.24, 2.45) is 0 Å². The molecular weight excluding hydrogens is 172 g/mol. The third-order valence-corrected chi connectivity index (χ3v) is 2.21. The van der Waals surface area contributed by atoms with Crippen LogP contribution in [-0.2, 0) is 0 Å². The summed E-state index contributed by atoms with van der Waals surface area (Å²) in [4.78, 5) is 0. The molecule has 0 radical (unpaired) electrons. The third-order valence-electron chi connectivity index (χ3n) is 2.21. The average Bonchev–Trinajstić information content (AvgIpc) is 2.11. The van der Waals surface area contributed by atoms with E-state index in [1.807, 2.05) is 0 Å². The summed E-state index contributed by atoms with van der Waals surface area (Å²) in [5, 5.41) is 0. The fourth-order valence-corrected chi connectivity index (χ4v) is 1.56. The quantitative estimate of drug-likeness (QED) is 0.643. The van der Waals surface area contributed by atoms with Gasteiger partial charge < -0.3 is 4.74 Å². The molecule has 0 unspecified atom stereocenters. The molecule has 0 saturated carbocycles. The standard InChI is InChI=1S/C13H20O/c1-4-5-6-7-14-13-9-11(2)8-12(3)10-13/h8-10H,4-7H2,1-3H3. The predicted octanol–water partition coefficient (Wildman–Crippen LogP) is 3.87. The Bertz CT molecular complexity index is 258. The lowest BCUT2D eigenvalue weighted by molar-refractivity contribution is 0.306. The highest BCUT2D eigenvalue weighted by molar-refractivity contribution is 5.32. The summed E-state index contributed by atoms with van der Waals surface area (Å²) in [6.07, 6.45) is 3.66. The summed E-state index contributed by atoms with van der Waals surface area (Å²) in [6.45, 7) is 7.26. The predicted molar refractivity (Wildman–Crippen MR) is 60.9 cm³/mol. The van der Waals surface area contributed by atoms with Crippen molar-refractivity contribution in [3.05, 3.63) is 29.3 Å². The van der Waals surface area contributed by atoms with Crippen LogP contribution in [0.3, 0.4) is 0 Å². The van der Waals surface area contributed by atoms with Crippen molar-refractivity contribution in [3.63, 3.8) is 0 Å². The van der Waals surface area contributed by atoms with Gasteiger partial charge >= 0.3 is 0 Å². The lowest BCUT2D eigenvalue weighted by Gasteiger charge is -2.07. The summed E-state index contributed by atoms with van der Waals surface area (Å²) in [6, 6.07) is 6.36. The van der Waals surface area contributed by atoms with E-state index in [1.54, 1.807) is 0 Å². The Balaban J connectivity index is 2.42. The van der Waals surface area contributed by atoms with E-state index in [2.05, 4.69) is 39.0 Å². The van der Waals surface area contributed by atoms with E-state index in [9.17, 15) is 0 Å². The van der Waals surface area contributed by atoms with Crippen molar-refractivity contribution >= 4 is 0 Å². The first-order chi connectivity index (χ1) is 6.72. The van der Waals surface area contributed by atoms with E-state index in [-0.39, 0.29) is 0 Å². The van der Waals surface area contributed by atoms with Crippen molar-refractivity contribution in [3.8, 4) is 5.75 Å². The second-order valence-electron chi connectivity index (χ2n) is 3.88. The SMILES string of the molecule is CCCCCOc1cc(C)cc(C)c1. The second-order valence-corrected chi connectivity index (χ2v) is 3.88. The van der Waals surface area contributed by atoms with Crippen LogP contribution in [-0.4, -0.2) is 6.61 Å². The van der Waals surface area contributed by atoms with E-state index < -0.39 is 0 Å². The summed E-state index contributed by atoms with van der Waals surface area (Å²) in [5.74, 6) is 1.01. The summed E-state index contributed by atoms with van der Waals surface area (Å²) in [5.41, 5.74) is 2.55.